The van der Waals surface area contributed by atoms with Gasteiger partial charge < -0.3 is 10.3 Å². The topological polar surface area (TPSA) is 64.9 Å². The molecule has 2 rings (SSSR count). The Morgan fingerprint density at radius 3 is 2.71 bits per heavy atom. The van der Waals surface area contributed by atoms with Crippen LogP contribution in [0.25, 0.3) is 0 Å². The van der Waals surface area contributed by atoms with Gasteiger partial charge in [-0.15, -0.1) is 0 Å². The van der Waals surface area contributed by atoms with Crippen LogP contribution in [0, 0.1) is 0 Å². The van der Waals surface area contributed by atoms with E-state index < -0.39 is 5.92 Å². The minimum atomic E-state index is -2.51. The first kappa shape index (κ1) is 12.4. The van der Waals surface area contributed by atoms with Crippen molar-refractivity contribution in [3.63, 3.8) is 0 Å². The second-order valence-electron chi connectivity index (χ2n) is 4.57. The average Bonchev–Trinajstić information content (AvgIpc) is 2.75. The van der Waals surface area contributed by atoms with Crippen molar-refractivity contribution in [1.29, 1.82) is 0 Å². The van der Waals surface area contributed by atoms with Crippen molar-refractivity contribution in [2.75, 3.05) is 6.54 Å². The van der Waals surface area contributed by atoms with Crippen LogP contribution in [0.2, 0.25) is 0 Å². The molecule has 1 saturated carbocycles. The van der Waals surface area contributed by atoms with Gasteiger partial charge in [-0.2, -0.15) is 4.98 Å². The van der Waals surface area contributed by atoms with Crippen molar-refractivity contribution in [2.24, 2.45) is 5.73 Å². The summed E-state index contributed by atoms with van der Waals surface area (Å²) in [6.45, 7) is 0.583. The maximum absolute atomic E-state index is 13.0. The van der Waals surface area contributed by atoms with E-state index in [2.05, 4.69) is 10.1 Å². The molecule has 0 bridgehead atoms. The lowest BCUT2D eigenvalue weighted by Gasteiger charge is -2.25. The lowest BCUT2D eigenvalue weighted by Crippen LogP contribution is -2.23. The summed E-state index contributed by atoms with van der Waals surface area (Å²) < 4.78 is 31.1. The molecule has 0 atom stereocenters. The summed E-state index contributed by atoms with van der Waals surface area (Å²) in [5.74, 6) is -1.39. The Kier molecular flexibility index (Phi) is 3.71. The molecule has 96 valence electrons. The molecule has 2 N–H and O–H groups in total. The maximum atomic E-state index is 13.0. The summed E-state index contributed by atoms with van der Waals surface area (Å²) in [5.41, 5.74) is 5.39. The van der Waals surface area contributed by atoms with Gasteiger partial charge in [-0.25, -0.2) is 8.78 Å². The summed E-state index contributed by atoms with van der Waals surface area (Å²) in [6, 6.07) is 0. The Hall–Kier alpha value is -1.04. The molecule has 1 aliphatic carbocycles. The molecule has 17 heavy (non-hydrogen) atoms. The molecule has 0 aromatic carbocycles. The van der Waals surface area contributed by atoms with Gasteiger partial charge in [0.25, 0.3) is 0 Å². The van der Waals surface area contributed by atoms with E-state index in [-0.39, 0.29) is 18.8 Å². The van der Waals surface area contributed by atoms with Crippen molar-refractivity contribution in [3.05, 3.63) is 11.7 Å². The predicted octanol–water partition coefficient (Wildman–Crippen LogP) is 2.25. The summed E-state index contributed by atoms with van der Waals surface area (Å²) in [6.07, 6.45) is 2.16. The zero-order chi connectivity index (χ0) is 12.3. The second-order valence-corrected chi connectivity index (χ2v) is 4.57. The number of alkyl halides is 2. The van der Waals surface area contributed by atoms with E-state index in [4.69, 9.17) is 10.3 Å². The Labute approximate surface area is 98.6 Å². The highest BCUT2D eigenvalue weighted by molar-refractivity contribution is 4.97. The quantitative estimate of drug-likeness (QED) is 0.883. The monoisotopic (exact) mass is 245 g/mol. The van der Waals surface area contributed by atoms with Crippen LogP contribution in [-0.4, -0.2) is 22.6 Å². The fraction of sp³-hybridized carbons (Fsp3) is 0.818. The Morgan fingerprint density at radius 1 is 1.35 bits per heavy atom. The SMILES string of the molecule is NCCCc1noc(C2CCC(F)(F)CC2)n1. The highest BCUT2D eigenvalue weighted by atomic mass is 19.3. The standard InChI is InChI=1S/C11H17F2N3O/c12-11(13)5-3-8(4-6-11)10-15-9(16-17-10)2-1-7-14/h8H,1-7,14H2. The number of hydrogen-bond acceptors (Lipinski definition) is 4. The van der Waals surface area contributed by atoms with Crippen molar-refractivity contribution >= 4 is 0 Å². The average molecular weight is 245 g/mol. The number of hydrogen-bond donors (Lipinski definition) is 1. The normalized spacial score (nSPS) is 20.6. The van der Waals surface area contributed by atoms with Crippen LogP contribution in [0.5, 0.6) is 0 Å². The Morgan fingerprint density at radius 2 is 2.06 bits per heavy atom. The third-order valence-corrected chi connectivity index (χ3v) is 3.15. The number of aryl methyl sites for hydroxylation is 1. The van der Waals surface area contributed by atoms with E-state index in [1.807, 2.05) is 0 Å². The van der Waals surface area contributed by atoms with Gasteiger partial charge in [0.05, 0.1) is 0 Å². The Bertz CT molecular complexity index is 357. The van der Waals surface area contributed by atoms with Crippen LogP contribution in [0.4, 0.5) is 8.78 Å². The van der Waals surface area contributed by atoms with Crippen LogP contribution in [0.3, 0.4) is 0 Å². The van der Waals surface area contributed by atoms with Crippen LogP contribution in [0.15, 0.2) is 4.52 Å². The van der Waals surface area contributed by atoms with Gasteiger partial charge >= 0.3 is 0 Å². The van der Waals surface area contributed by atoms with Crippen molar-refractivity contribution < 1.29 is 13.3 Å². The molecule has 1 aliphatic rings. The second kappa shape index (κ2) is 5.08. The first-order valence-corrected chi connectivity index (χ1v) is 6.01. The third-order valence-electron chi connectivity index (χ3n) is 3.15. The summed E-state index contributed by atoms with van der Waals surface area (Å²) in [7, 11) is 0. The van der Waals surface area contributed by atoms with Crippen LogP contribution in [0.1, 0.15) is 49.7 Å². The molecule has 0 saturated heterocycles. The largest absolute Gasteiger partial charge is 0.339 e. The van der Waals surface area contributed by atoms with Gasteiger partial charge in [0.2, 0.25) is 11.8 Å². The molecule has 0 amide bonds. The molecule has 1 fully saturated rings. The Balaban J connectivity index is 1.92. The minimum Gasteiger partial charge on any atom is -0.339 e. The zero-order valence-electron chi connectivity index (χ0n) is 9.66. The van der Waals surface area contributed by atoms with Crippen LogP contribution < -0.4 is 5.73 Å². The molecule has 4 nitrogen and oxygen atoms in total. The van der Waals surface area contributed by atoms with Gasteiger partial charge in [-0.05, 0) is 25.8 Å². The fourth-order valence-electron chi connectivity index (χ4n) is 2.08. The van der Waals surface area contributed by atoms with Crippen molar-refractivity contribution in [2.45, 2.75) is 50.4 Å². The van der Waals surface area contributed by atoms with Gasteiger partial charge in [-0.1, -0.05) is 5.16 Å². The molecular formula is C11H17F2N3O. The van der Waals surface area contributed by atoms with Gasteiger partial charge in [0.1, 0.15) is 0 Å². The van der Waals surface area contributed by atoms with E-state index in [1.54, 1.807) is 0 Å². The summed E-state index contributed by atoms with van der Waals surface area (Å²) in [4.78, 5) is 4.24. The lowest BCUT2D eigenvalue weighted by atomic mass is 9.87. The molecule has 0 aliphatic heterocycles. The fourth-order valence-corrected chi connectivity index (χ4v) is 2.08. The minimum absolute atomic E-state index is 0.00579. The van der Waals surface area contributed by atoms with E-state index >= 15 is 0 Å². The molecule has 1 aromatic rings. The first-order chi connectivity index (χ1) is 8.11. The van der Waals surface area contributed by atoms with E-state index in [0.29, 0.717) is 37.5 Å². The first-order valence-electron chi connectivity index (χ1n) is 6.01. The number of halogens is 2. The number of nitrogens with two attached hydrogens (primary N) is 1. The summed E-state index contributed by atoms with van der Waals surface area (Å²) >= 11 is 0. The summed E-state index contributed by atoms with van der Waals surface area (Å²) in [5, 5.41) is 3.84. The van der Waals surface area contributed by atoms with Crippen LogP contribution >= 0.6 is 0 Å². The number of aromatic nitrogens is 2. The van der Waals surface area contributed by atoms with Crippen molar-refractivity contribution in [1.82, 2.24) is 10.1 Å². The molecule has 1 heterocycles. The lowest BCUT2D eigenvalue weighted by molar-refractivity contribution is -0.0402. The van der Waals surface area contributed by atoms with Crippen molar-refractivity contribution in [3.8, 4) is 0 Å². The van der Waals surface area contributed by atoms with Gasteiger partial charge in [0.15, 0.2) is 5.82 Å². The maximum Gasteiger partial charge on any atom is 0.248 e. The molecule has 6 heteroatoms. The molecule has 0 radical (unpaired) electrons. The third kappa shape index (κ3) is 3.21. The highest BCUT2D eigenvalue weighted by Gasteiger charge is 2.37. The van der Waals surface area contributed by atoms with Gasteiger partial charge in [0, 0.05) is 25.2 Å². The molecule has 1 aromatic heterocycles. The number of nitrogens with zero attached hydrogens (tertiary/aromatic N) is 2. The highest BCUT2D eigenvalue weighted by Crippen LogP contribution is 2.40. The molecule has 0 spiro atoms. The van der Waals surface area contributed by atoms with E-state index in [9.17, 15) is 8.78 Å². The van der Waals surface area contributed by atoms with E-state index in [0.717, 1.165) is 6.42 Å². The zero-order valence-corrected chi connectivity index (χ0v) is 9.66. The molecular weight excluding hydrogens is 228 g/mol. The molecule has 0 unspecified atom stereocenters. The number of rotatable bonds is 4. The smallest absolute Gasteiger partial charge is 0.248 e. The van der Waals surface area contributed by atoms with E-state index in [1.165, 1.54) is 0 Å². The van der Waals surface area contributed by atoms with Gasteiger partial charge in [-0.3, -0.25) is 0 Å². The predicted molar refractivity (Wildman–Crippen MR) is 57.8 cm³/mol. The van der Waals surface area contributed by atoms with Crippen LogP contribution in [-0.2, 0) is 6.42 Å².